The van der Waals surface area contributed by atoms with Gasteiger partial charge < -0.3 is 19.6 Å². The van der Waals surface area contributed by atoms with E-state index in [1.807, 2.05) is 6.20 Å². The van der Waals surface area contributed by atoms with Crippen molar-refractivity contribution in [2.75, 3.05) is 6.54 Å². The van der Waals surface area contributed by atoms with Crippen LogP contribution >= 0.6 is 23.3 Å². The first kappa shape index (κ1) is 27.2. The minimum Gasteiger partial charge on any atom is -0.399 e. The van der Waals surface area contributed by atoms with Crippen LogP contribution < -0.4 is 10.8 Å². The first-order chi connectivity index (χ1) is 18.7. The smallest absolute Gasteiger partial charge is 0.399 e. The van der Waals surface area contributed by atoms with Crippen LogP contribution in [0, 0.1) is 0 Å². The normalized spacial score (nSPS) is 25.9. The van der Waals surface area contributed by atoms with Gasteiger partial charge in [0.05, 0.1) is 29.1 Å². The summed E-state index contributed by atoms with van der Waals surface area (Å²) >= 11 is 6.44. The molecule has 2 aliphatic heterocycles. The summed E-state index contributed by atoms with van der Waals surface area (Å²) in [5.41, 5.74) is 9.86. The fourth-order valence-electron chi connectivity index (χ4n) is 6.80. The van der Waals surface area contributed by atoms with Crippen molar-refractivity contribution in [2.45, 2.75) is 83.0 Å². The van der Waals surface area contributed by atoms with Gasteiger partial charge in [0.15, 0.2) is 0 Å². The third-order valence-electron chi connectivity index (χ3n) is 9.53. The zero-order valence-corrected chi connectivity index (χ0v) is 25.2. The number of nitrogens with one attached hydrogen (secondary N) is 2. The summed E-state index contributed by atoms with van der Waals surface area (Å²) in [7, 11) is -0.294. The van der Waals surface area contributed by atoms with E-state index in [4.69, 9.17) is 9.31 Å². The van der Waals surface area contributed by atoms with Crippen LogP contribution in [0.3, 0.4) is 0 Å². The molecule has 8 heteroatoms. The number of thiol groups is 2. The van der Waals surface area contributed by atoms with Gasteiger partial charge in [0.2, 0.25) is 0 Å². The van der Waals surface area contributed by atoms with Gasteiger partial charge in [-0.3, -0.25) is 0 Å². The molecular weight excluding hydrogens is 521 g/mol. The van der Waals surface area contributed by atoms with Gasteiger partial charge in [-0.15, -0.1) is 23.3 Å². The fourth-order valence-corrected chi connectivity index (χ4v) is 6.80. The van der Waals surface area contributed by atoms with Crippen LogP contribution in [0.25, 0.3) is 22.4 Å². The van der Waals surface area contributed by atoms with Crippen LogP contribution in [0.2, 0.25) is 0 Å². The second-order valence-corrected chi connectivity index (χ2v) is 12.5. The first-order valence-electron chi connectivity index (χ1n) is 14.0. The number of aromatic nitrogens is 2. The molecule has 2 aromatic carbocycles. The molecule has 3 unspecified atom stereocenters. The number of imidazole rings is 1. The second-order valence-electron chi connectivity index (χ2n) is 12.5. The summed E-state index contributed by atoms with van der Waals surface area (Å²) in [6.45, 7) is 11.6. The lowest BCUT2D eigenvalue weighted by Crippen LogP contribution is -2.41. The van der Waals surface area contributed by atoms with Gasteiger partial charge in [-0.25, -0.2) is 4.98 Å². The van der Waals surface area contributed by atoms with E-state index in [2.05, 4.69) is 116 Å². The number of hydrogen-bond donors (Lipinski definition) is 4. The van der Waals surface area contributed by atoms with Crippen molar-refractivity contribution in [1.29, 1.82) is 0 Å². The zero-order valence-electron chi connectivity index (χ0n) is 23.4. The quantitative estimate of drug-likeness (QED) is 0.124. The SMILES string of the molecule is CC1=CC(c2ncc(-c3ccc(-c4ccc(B5OC(C)(C)C(C)(C)O5)c5c4C4CCC5C4)cc3)[nH]2)NC1.SS. The predicted molar refractivity (Wildman–Crippen MR) is 167 cm³/mol. The van der Waals surface area contributed by atoms with Gasteiger partial charge in [-0.05, 0) is 99.0 Å². The summed E-state index contributed by atoms with van der Waals surface area (Å²) in [5.74, 6) is 2.24. The monoisotopic (exact) mass is 559 g/mol. The molecule has 2 fully saturated rings. The largest absolute Gasteiger partial charge is 0.495 e. The molecule has 0 amide bonds. The van der Waals surface area contributed by atoms with Gasteiger partial charge in [-0.2, -0.15) is 0 Å². The van der Waals surface area contributed by atoms with Gasteiger partial charge in [0, 0.05) is 6.54 Å². The summed E-state index contributed by atoms with van der Waals surface area (Å²) in [5, 5.41) is 3.48. The van der Waals surface area contributed by atoms with Crippen molar-refractivity contribution in [1.82, 2.24) is 15.3 Å². The Morgan fingerprint density at radius 1 is 0.897 bits per heavy atom. The summed E-state index contributed by atoms with van der Waals surface area (Å²) in [6, 6.07) is 13.7. The first-order valence-corrected chi connectivity index (χ1v) is 15.6. The highest BCUT2D eigenvalue weighted by molar-refractivity contribution is 8.59. The maximum atomic E-state index is 6.50. The number of H-pyrrole nitrogens is 1. The molecule has 3 aromatic rings. The maximum Gasteiger partial charge on any atom is 0.495 e. The van der Waals surface area contributed by atoms with E-state index in [0.29, 0.717) is 11.8 Å². The minimum atomic E-state index is -0.327. The van der Waals surface area contributed by atoms with Crippen molar-refractivity contribution in [3.05, 3.63) is 71.2 Å². The Balaban J connectivity index is 0.00000135. The number of hydrogen-bond acceptors (Lipinski definition) is 6. The average Bonchev–Trinajstić information content (AvgIpc) is 3.75. The van der Waals surface area contributed by atoms with E-state index < -0.39 is 0 Å². The van der Waals surface area contributed by atoms with Crippen LogP contribution in [0.4, 0.5) is 0 Å². The van der Waals surface area contributed by atoms with Crippen LogP contribution in [-0.4, -0.2) is 34.8 Å². The Morgan fingerprint density at radius 2 is 1.54 bits per heavy atom. The summed E-state index contributed by atoms with van der Waals surface area (Å²) in [6.07, 6.45) is 8.02. The van der Waals surface area contributed by atoms with E-state index in [1.165, 1.54) is 52.6 Å². The lowest BCUT2D eigenvalue weighted by Gasteiger charge is -2.32. The maximum absolute atomic E-state index is 6.50. The Bertz CT molecular complexity index is 1400. The van der Waals surface area contributed by atoms with Crippen LogP contribution in [0.1, 0.15) is 88.7 Å². The predicted octanol–water partition coefficient (Wildman–Crippen LogP) is 6.76. The molecule has 1 aromatic heterocycles. The Kier molecular flexibility index (Phi) is 7.08. The summed E-state index contributed by atoms with van der Waals surface area (Å²) in [4.78, 5) is 8.16. The number of fused-ring (bicyclic) bond motifs is 5. The van der Waals surface area contributed by atoms with E-state index in [1.54, 1.807) is 0 Å². The third kappa shape index (κ3) is 4.62. The minimum absolute atomic E-state index is 0.175. The van der Waals surface area contributed by atoms with E-state index >= 15 is 0 Å². The van der Waals surface area contributed by atoms with Crippen molar-refractivity contribution in [2.24, 2.45) is 0 Å². The molecule has 3 heterocycles. The molecule has 5 nitrogen and oxygen atoms in total. The van der Waals surface area contributed by atoms with Crippen molar-refractivity contribution >= 4 is 35.9 Å². The van der Waals surface area contributed by atoms with Crippen LogP contribution in [-0.2, 0) is 9.31 Å². The molecule has 1 saturated heterocycles. The average molecular weight is 560 g/mol. The highest BCUT2D eigenvalue weighted by Gasteiger charge is 2.53. The Labute approximate surface area is 242 Å². The Hall–Kier alpha value is -1.97. The molecule has 3 atom stereocenters. The van der Waals surface area contributed by atoms with Crippen LogP contribution in [0.5, 0.6) is 0 Å². The van der Waals surface area contributed by atoms with E-state index in [9.17, 15) is 0 Å². The number of aromatic amines is 1. The van der Waals surface area contributed by atoms with Gasteiger partial charge >= 0.3 is 7.12 Å². The zero-order chi connectivity index (χ0) is 27.5. The van der Waals surface area contributed by atoms with Crippen molar-refractivity contribution in [3.63, 3.8) is 0 Å². The number of nitrogens with zero attached hydrogens (tertiary/aromatic N) is 1. The lowest BCUT2D eigenvalue weighted by molar-refractivity contribution is 0.00578. The number of benzene rings is 2. The van der Waals surface area contributed by atoms with E-state index in [-0.39, 0.29) is 24.4 Å². The topological polar surface area (TPSA) is 59.2 Å². The van der Waals surface area contributed by atoms with Gasteiger partial charge in [0.1, 0.15) is 5.82 Å². The highest BCUT2D eigenvalue weighted by Crippen LogP contribution is 2.55. The molecule has 1 saturated carbocycles. The molecule has 2 bridgehead atoms. The molecule has 204 valence electrons. The van der Waals surface area contributed by atoms with Crippen LogP contribution in [0.15, 0.2) is 54.2 Å². The molecule has 7 rings (SSSR count). The molecule has 2 N–H and O–H groups in total. The molecular formula is C31H38BN3O2S2. The highest BCUT2D eigenvalue weighted by atomic mass is 33.1. The Morgan fingerprint density at radius 3 is 2.18 bits per heavy atom. The molecule has 0 radical (unpaired) electrons. The second kappa shape index (κ2) is 10.1. The fraction of sp³-hybridized carbons (Fsp3) is 0.452. The standard InChI is InChI=1S/C31H36BN3O2.H2S2/c1-18-14-25(33-16-18)29-34-17-26(35-29)20-8-6-19(7-9-20)23-12-13-24(28-22-11-10-21(15-22)27(23)28)32-36-30(2,3)31(4,5)37-32;1-2/h6-9,12-14,17,21-22,25,33H,10-11,15-16H2,1-5H3,(H,34,35);1-2H. The van der Waals surface area contributed by atoms with Crippen molar-refractivity contribution < 1.29 is 9.31 Å². The molecule has 39 heavy (non-hydrogen) atoms. The van der Waals surface area contributed by atoms with Gasteiger partial charge in [0.25, 0.3) is 0 Å². The molecule has 0 spiro atoms. The third-order valence-corrected chi connectivity index (χ3v) is 9.53. The van der Waals surface area contributed by atoms with Crippen molar-refractivity contribution in [3.8, 4) is 22.4 Å². The van der Waals surface area contributed by atoms with E-state index in [0.717, 1.165) is 23.6 Å². The summed E-state index contributed by atoms with van der Waals surface area (Å²) < 4.78 is 13.0. The lowest BCUT2D eigenvalue weighted by atomic mass is 9.70. The van der Waals surface area contributed by atoms with Gasteiger partial charge in [-0.1, -0.05) is 48.0 Å². The number of rotatable bonds is 4. The molecule has 2 aliphatic carbocycles. The molecule has 4 aliphatic rings.